The van der Waals surface area contributed by atoms with E-state index in [2.05, 4.69) is 26.5 Å². The molecule has 4 heterocycles. The highest BCUT2D eigenvalue weighted by atomic mass is 32.5. The molecule has 2 fully saturated rings. The lowest BCUT2D eigenvalue weighted by molar-refractivity contribution is -0.116. The van der Waals surface area contributed by atoms with E-state index >= 15 is 0 Å². The first-order valence-corrected chi connectivity index (χ1v) is 18.3. The number of benzene rings is 1. The molecule has 13 nitrogen and oxygen atoms in total. The van der Waals surface area contributed by atoms with E-state index in [0.717, 1.165) is 41.5 Å². The van der Waals surface area contributed by atoms with Crippen molar-refractivity contribution in [3.05, 3.63) is 69.9 Å². The lowest BCUT2D eigenvalue weighted by Crippen LogP contribution is -2.51. The summed E-state index contributed by atoms with van der Waals surface area (Å²) in [4.78, 5) is 54.6. The standard InChI is InChI=1S/C32H34F5N9O4S/c1-3-24-27(43-10-12-44(13-11-43)30(49)26-28(48)18(2)38-17-39-26)31(50)46-32(41-29(42-46)23-15-19-4-5-20(23)14-19)45(24)16-25(47)40-21-6-8-22(9-7-21)51(33,34,35,36)37/h6-9,15,17,19-20,48H,3-5,10-14,16H2,1-2H3,(H,40,47). The number of rotatable bonds is 8. The number of nitrogens with one attached hydrogen (secondary N) is 1. The predicted octanol–water partition coefficient (Wildman–Crippen LogP) is 5.33. The van der Waals surface area contributed by atoms with Gasteiger partial charge in [0.2, 0.25) is 11.7 Å². The van der Waals surface area contributed by atoms with Gasteiger partial charge in [0.25, 0.3) is 11.5 Å². The number of amides is 2. The Morgan fingerprint density at radius 2 is 1.73 bits per heavy atom. The summed E-state index contributed by atoms with van der Waals surface area (Å²) in [5, 5.41) is 17.4. The summed E-state index contributed by atoms with van der Waals surface area (Å²) < 4.78 is 68.9. The molecule has 272 valence electrons. The SMILES string of the molecule is CCc1c(N2CCN(C(=O)c3ncnc(C)c3O)CC2)c(=O)n2nc(C3=CC4CCC3C4)nc2n1CC(=O)Nc1ccc(S(F)(F)(F)(F)F)cc1. The molecule has 19 heteroatoms. The van der Waals surface area contributed by atoms with E-state index in [9.17, 15) is 38.9 Å². The van der Waals surface area contributed by atoms with Crippen molar-refractivity contribution in [2.45, 2.75) is 51.0 Å². The molecule has 0 spiro atoms. The van der Waals surface area contributed by atoms with Crippen LogP contribution >= 0.6 is 10.2 Å². The van der Waals surface area contributed by atoms with E-state index in [4.69, 9.17) is 4.98 Å². The van der Waals surface area contributed by atoms with Gasteiger partial charge < -0.3 is 24.8 Å². The van der Waals surface area contributed by atoms with Crippen LogP contribution < -0.4 is 15.8 Å². The van der Waals surface area contributed by atoms with Crippen LogP contribution in [0.5, 0.6) is 5.75 Å². The summed E-state index contributed by atoms with van der Waals surface area (Å²) in [6, 6.07) is 1.93. The lowest BCUT2D eigenvalue weighted by atomic mass is 9.98. The van der Waals surface area contributed by atoms with E-state index in [0.29, 0.717) is 17.4 Å². The molecular formula is C32H34F5N9O4S. The topological polar surface area (TPSA) is 151 Å². The van der Waals surface area contributed by atoms with Gasteiger partial charge in [-0.2, -0.15) is 9.50 Å². The number of hydrogen-bond acceptors (Lipinski definition) is 9. The summed E-state index contributed by atoms with van der Waals surface area (Å²) in [5.74, 6) is -0.397. The van der Waals surface area contributed by atoms with Gasteiger partial charge >= 0.3 is 10.2 Å². The van der Waals surface area contributed by atoms with Crippen LogP contribution in [-0.4, -0.2) is 77.1 Å². The van der Waals surface area contributed by atoms with Gasteiger partial charge in [0.05, 0.1) is 11.4 Å². The lowest BCUT2D eigenvalue weighted by Gasteiger charge is -2.40. The number of nitrogens with zero attached hydrogens (tertiary/aromatic N) is 8. The Hall–Kier alpha value is -5.07. The first-order chi connectivity index (χ1) is 23.9. The molecule has 1 saturated heterocycles. The summed E-state index contributed by atoms with van der Waals surface area (Å²) in [7, 11) is -9.90. The minimum atomic E-state index is -9.90. The molecule has 51 heavy (non-hydrogen) atoms. The molecule has 1 aromatic carbocycles. The second-order valence-corrected chi connectivity index (χ2v) is 15.5. The Labute approximate surface area is 287 Å². The van der Waals surface area contributed by atoms with E-state index in [1.165, 1.54) is 15.8 Å². The first kappa shape index (κ1) is 34.4. The average Bonchev–Trinajstić information content (AvgIpc) is 3.83. The molecular weight excluding hydrogens is 701 g/mol. The second-order valence-electron chi connectivity index (χ2n) is 13.1. The molecule has 1 aliphatic heterocycles. The summed E-state index contributed by atoms with van der Waals surface area (Å²) in [6.07, 6.45) is 6.58. The molecule has 2 amide bonds. The maximum absolute atomic E-state index is 14.2. The van der Waals surface area contributed by atoms with E-state index in [1.807, 2.05) is 0 Å². The fraction of sp³-hybridized carbons (Fsp3) is 0.406. The van der Waals surface area contributed by atoms with Crippen molar-refractivity contribution in [3.63, 3.8) is 0 Å². The molecule has 3 aromatic heterocycles. The molecule has 2 aliphatic carbocycles. The second kappa shape index (κ2) is 11.5. The highest BCUT2D eigenvalue weighted by Crippen LogP contribution is 3.02. The maximum Gasteiger partial charge on any atom is 0.310 e. The normalized spacial score (nSPS) is 20.3. The number of halogens is 5. The van der Waals surface area contributed by atoms with Crippen molar-refractivity contribution in [2.75, 3.05) is 36.4 Å². The number of allylic oxidation sites excluding steroid dienone is 2. The van der Waals surface area contributed by atoms with Crippen LogP contribution in [0.1, 0.15) is 53.9 Å². The largest absolute Gasteiger partial charge is 0.504 e. The van der Waals surface area contributed by atoms with Crippen molar-refractivity contribution < 1.29 is 34.1 Å². The minimum absolute atomic E-state index is 0.0918. The molecule has 3 aliphatic rings. The van der Waals surface area contributed by atoms with Gasteiger partial charge in [-0.25, -0.2) is 9.97 Å². The maximum atomic E-state index is 14.2. The van der Waals surface area contributed by atoms with Gasteiger partial charge in [0, 0.05) is 31.9 Å². The average molecular weight is 736 g/mol. The van der Waals surface area contributed by atoms with Crippen LogP contribution in [0.2, 0.25) is 0 Å². The molecule has 4 aromatic rings. The Morgan fingerprint density at radius 3 is 2.33 bits per heavy atom. The van der Waals surface area contributed by atoms with Crippen molar-refractivity contribution >= 4 is 44.8 Å². The number of aromatic hydroxyl groups is 1. The third kappa shape index (κ3) is 6.38. The zero-order valence-electron chi connectivity index (χ0n) is 27.5. The van der Waals surface area contributed by atoms with E-state index in [-0.39, 0.29) is 84.9 Å². The highest BCUT2D eigenvalue weighted by molar-refractivity contribution is 8.45. The molecule has 7 rings (SSSR count). The van der Waals surface area contributed by atoms with Gasteiger partial charge in [0.15, 0.2) is 17.3 Å². The quantitative estimate of drug-likeness (QED) is 0.229. The van der Waals surface area contributed by atoms with Gasteiger partial charge in [0.1, 0.15) is 23.5 Å². The Morgan fingerprint density at radius 1 is 1.02 bits per heavy atom. The number of fused-ring (bicyclic) bond motifs is 3. The van der Waals surface area contributed by atoms with Gasteiger partial charge in [-0.15, -0.1) is 5.10 Å². The zero-order valence-corrected chi connectivity index (χ0v) is 28.3. The molecule has 2 bridgehead atoms. The number of piperazine rings is 1. The van der Waals surface area contributed by atoms with Crippen LogP contribution in [0, 0.1) is 18.8 Å². The van der Waals surface area contributed by atoms with Crippen molar-refractivity contribution in [3.8, 4) is 5.75 Å². The number of aromatic nitrogens is 6. The Kier molecular flexibility index (Phi) is 7.74. The monoisotopic (exact) mass is 735 g/mol. The highest BCUT2D eigenvalue weighted by Gasteiger charge is 2.65. The van der Waals surface area contributed by atoms with E-state index in [1.54, 1.807) is 18.7 Å². The smallest absolute Gasteiger partial charge is 0.310 e. The third-order valence-electron chi connectivity index (χ3n) is 9.72. The third-order valence-corrected chi connectivity index (χ3v) is 10.9. The molecule has 2 unspecified atom stereocenters. The van der Waals surface area contributed by atoms with Crippen LogP contribution in [0.15, 0.2) is 46.4 Å². The Balaban J connectivity index is 1.22. The molecule has 2 N–H and O–H groups in total. The number of anilines is 2. The van der Waals surface area contributed by atoms with Crippen LogP contribution in [0.4, 0.5) is 30.8 Å². The first-order valence-electron chi connectivity index (χ1n) is 16.3. The van der Waals surface area contributed by atoms with Crippen molar-refractivity contribution in [1.29, 1.82) is 0 Å². The number of carbonyl (C=O) groups excluding carboxylic acids is 2. The van der Waals surface area contributed by atoms with Gasteiger partial charge in [-0.05, 0) is 74.3 Å². The molecule has 2 atom stereocenters. The number of carbonyl (C=O) groups is 2. The van der Waals surface area contributed by atoms with Gasteiger partial charge in [-0.3, -0.25) is 14.4 Å². The summed E-state index contributed by atoms with van der Waals surface area (Å²) in [5.41, 5.74) is 1.12. The number of hydrogen-bond donors (Lipinski definition) is 2. The number of aryl methyl sites for hydroxylation is 1. The van der Waals surface area contributed by atoms with Crippen LogP contribution in [-0.2, 0) is 17.8 Å². The van der Waals surface area contributed by atoms with Crippen molar-refractivity contribution in [2.24, 2.45) is 11.8 Å². The van der Waals surface area contributed by atoms with E-state index < -0.39 is 39.0 Å². The zero-order chi connectivity index (χ0) is 36.5. The fourth-order valence-corrected chi connectivity index (χ4v) is 7.85. The molecule has 0 radical (unpaired) electrons. The van der Waals surface area contributed by atoms with Crippen LogP contribution in [0.3, 0.4) is 0 Å². The van der Waals surface area contributed by atoms with Gasteiger partial charge in [-0.1, -0.05) is 32.4 Å². The molecule has 1 saturated carbocycles. The van der Waals surface area contributed by atoms with Crippen LogP contribution in [0.25, 0.3) is 11.4 Å². The summed E-state index contributed by atoms with van der Waals surface area (Å²) in [6.45, 7) is 3.69. The summed E-state index contributed by atoms with van der Waals surface area (Å²) >= 11 is 0. The predicted molar refractivity (Wildman–Crippen MR) is 178 cm³/mol. The fourth-order valence-electron chi connectivity index (χ4n) is 7.19. The van der Waals surface area contributed by atoms with Crippen molar-refractivity contribution in [1.82, 2.24) is 34.0 Å². The minimum Gasteiger partial charge on any atom is -0.504 e. The Bertz CT molecular complexity index is 2180.